The van der Waals surface area contributed by atoms with Crippen molar-refractivity contribution in [2.45, 2.75) is 24.4 Å². The van der Waals surface area contributed by atoms with Crippen molar-refractivity contribution in [2.24, 2.45) is 0 Å². The summed E-state index contributed by atoms with van der Waals surface area (Å²) in [5.41, 5.74) is -0.238. The van der Waals surface area contributed by atoms with Crippen molar-refractivity contribution in [2.75, 3.05) is 6.61 Å². The first-order valence-electron chi connectivity index (χ1n) is 4.81. The van der Waals surface area contributed by atoms with Crippen LogP contribution < -0.4 is 5.69 Å². The van der Waals surface area contributed by atoms with Gasteiger partial charge >= 0.3 is 5.69 Å². The third-order valence-corrected chi connectivity index (χ3v) is 2.55. The summed E-state index contributed by atoms with van der Waals surface area (Å²) in [4.78, 5) is 16.8. The maximum atomic E-state index is 11.0. The van der Waals surface area contributed by atoms with E-state index >= 15 is 0 Å². The predicted octanol–water partition coefficient (Wildman–Crippen LogP) is -2.08. The summed E-state index contributed by atoms with van der Waals surface area (Å²) in [7, 11) is 0. The fourth-order valence-corrected chi connectivity index (χ4v) is 1.71. The van der Waals surface area contributed by atoms with Gasteiger partial charge in [0.25, 0.3) is 0 Å². The van der Waals surface area contributed by atoms with E-state index in [1.54, 1.807) is 0 Å². The molecule has 1 saturated heterocycles. The number of hydrogen-bond acceptors (Lipinski definition) is 6. The van der Waals surface area contributed by atoms with Crippen molar-refractivity contribution < 1.29 is 20.1 Å². The number of aromatic amines is 1. The fraction of sp³-hybridized carbons (Fsp3) is 0.556. The Morgan fingerprint density at radius 3 is 2.75 bits per heavy atom. The first kappa shape index (κ1) is 11.2. The number of nitrogens with one attached hydrogen (secondary N) is 1. The van der Waals surface area contributed by atoms with Crippen molar-refractivity contribution in [3.05, 3.63) is 28.4 Å². The molecule has 1 unspecified atom stereocenters. The number of nitrogens with zero attached hydrogens (tertiary/aromatic N) is 1. The number of rotatable bonds is 2. The summed E-state index contributed by atoms with van der Waals surface area (Å²) in [5.74, 6) is 0. The Hall–Kier alpha value is -1.28. The second kappa shape index (κ2) is 4.30. The van der Waals surface area contributed by atoms with Crippen LogP contribution in [-0.2, 0) is 4.74 Å². The average Bonchev–Trinajstić information content (AvgIpc) is 2.56. The van der Waals surface area contributed by atoms with Crippen LogP contribution in [0.1, 0.15) is 11.8 Å². The third-order valence-electron chi connectivity index (χ3n) is 2.55. The molecular weight excluding hydrogens is 216 g/mol. The van der Waals surface area contributed by atoms with Crippen LogP contribution in [0.5, 0.6) is 0 Å². The molecule has 7 nitrogen and oxygen atoms in total. The molecule has 1 fully saturated rings. The van der Waals surface area contributed by atoms with Gasteiger partial charge in [0.05, 0.1) is 12.3 Å². The number of aliphatic hydroxyl groups excluding tert-OH is 3. The number of H-pyrrole nitrogens is 1. The Kier molecular flexibility index (Phi) is 3.01. The highest BCUT2D eigenvalue weighted by molar-refractivity contribution is 5.09. The lowest BCUT2D eigenvalue weighted by Crippen LogP contribution is -2.32. The third kappa shape index (κ3) is 1.85. The average molecular weight is 228 g/mol. The molecule has 7 heteroatoms. The predicted molar refractivity (Wildman–Crippen MR) is 51.6 cm³/mol. The molecule has 4 N–H and O–H groups in total. The first-order chi connectivity index (χ1) is 7.63. The summed E-state index contributed by atoms with van der Waals surface area (Å²) < 4.78 is 5.23. The van der Waals surface area contributed by atoms with Crippen molar-refractivity contribution in [1.82, 2.24) is 9.97 Å². The van der Waals surface area contributed by atoms with Crippen LogP contribution in [0.25, 0.3) is 0 Å². The topological polar surface area (TPSA) is 116 Å². The van der Waals surface area contributed by atoms with E-state index in [0.717, 1.165) is 0 Å². The molecule has 0 aromatic carbocycles. The second-order valence-corrected chi connectivity index (χ2v) is 3.59. The van der Waals surface area contributed by atoms with Crippen LogP contribution in [0.4, 0.5) is 0 Å². The minimum Gasteiger partial charge on any atom is -0.394 e. The maximum absolute atomic E-state index is 11.0. The highest BCUT2D eigenvalue weighted by atomic mass is 16.6. The van der Waals surface area contributed by atoms with Crippen LogP contribution in [0, 0.1) is 0 Å². The first-order valence-corrected chi connectivity index (χ1v) is 4.81. The molecule has 0 amide bonds. The van der Waals surface area contributed by atoms with Crippen LogP contribution in [0.3, 0.4) is 0 Å². The van der Waals surface area contributed by atoms with Gasteiger partial charge in [-0.15, -0.1) is 0 Å². The fourth-order valence-electron chi connectivity index (χ4n) is 1.71. The molecule has 4 atom stereocenters. The van der Waals surface area contributed by atoms with Crippen LogP contribution in [-0.4, -0.2) is 50.2 Å². The summed E-state index contributed by atoms with van der Waals surface area (Å²) >= 11 is 0. The van der Waals surface area contributed by atoms with Gasteiger partial charge in [-0.2, -0.15) is 0 Å². The molecule has 88 valence electrons. The van der Waals surface area contributed by atoms with Crippen LogP contribution >= 0.6 is 0 Å². The normalized spacial score (nSPS) is 34.2. The molecule has 0 bridgehead atoms. The molecule has 2 heterocycles. The lowest BCUT2D eigenvalue weighted by molar-refractivity contribution is -0.0240. The SMILES string of the molecule is O=c1nccc(C2O[C@H](CO)[C@@H](O)[C@@H]2O)[nH]1. The summed E-state index contributed by atoms with van der Waals surface area (Å²) in [5, 5.41) is 28.1. The molecule has 1 aromatic heterocycles. The van der Waals surface area contributed by atoms with E-state index in [1.807, 2.05) is 0 Å². The van der Waals surface area contributed by atoms with Gasteiger partial charge in [-0.05, 0) is 6.07 Å². The molecule has 1 aromatic rings. The van der Waals surface area contributed by atoms with Crippen molar-refractivity contribution in [1.29, 1.82) is 0 Å². The quantitative estimate of drug-likeness (QED) is 0.462. The van der Waals surface area contributed by atoms with Crippen LogP contribution in [0.15, 0.2) is 17.1 Å². The number of aliphatic hydroxyl groups is 3. The van der Waals surface area contributed by atoms with E-state index in [-0.39, 0.29) is 0 Å². The second-order valence-electron chi connectivity index (χ2n) is 3.59. The zero-order valence-corrected chi connectivity index (χ0v) is 8.28. The van der Waals surface area contributed by atoms with E-state index in [9.17, 15) is 15.0 Å². The van der Waals surface area contributed by atoms with E-state index in [4.69, 9.17) is 9.84 Å². The molecule has 1 aliphatic heterocycles. The smallest absolute Gasteiger partial charge is 0.345 e. The number of aromatic nitrogens is 2. The Morgan fingerprint density at radius 1 is 1.44 bits per heavy atom. The molecule has 0 radical (unpaired) electrons. The van der Waals surface area contributed by atoms with Gasteiger partial charge in [0, 0.05) is 6.20 Å². The Morgan fingerprint density at radius 2 is 2.19 bits per heavy atom. The summed E-state index contributed by atoms with van der Waals surface area (Å²) in [6.07, 6.45) is -2.79. The summed E-state index contributed by atoms with van der Waals surface area (Å²) in [6.45, 7) is -0.399. The van der Waals surface area contributed by atoms with Gasteiger partial charge in [0.2, 0.25) is 0 Å². The largest absolute Gasteiger partial charge is 0.394 e. The van der Waals surface area contributed by atoms with Gasteiger partial charge in [0.15, 0.2) is 0 Å². The molecule has 16 heavy (non-hydrogen) atoms. The van der Waals surface area contributed by atoms with E-state index in [0.29, 0.717) is 5.69 Å². The number of ether oxygens (including phenoxy) is 1. The molecule has 0 spiro atoms. The highest BCUT2D eigenvalue weighted by Crippen LogP contribution is 2.31. The van der Waals surface area contributed by atoms with Crippen LogP contribution in [0.2, 0.25) is 0 Å². The summed E-state index contributed by atoms with van der Waals surface area (Å²) in [6, 6.07) is 1.47. The lowest BCUT2D eigenvalue weighted by atomic mass is 10.1. The molecule has 1 aliphatic rings. The molecule has 0 saturated carbocycles. The van der Waals surface area contributed by atoms with E-state index in [1.165, 1.54) is 12.3 Å². The zero-order valence-electron chi connectivity index (χ0n) is 8.28. The maximum Gasteiger partial charge on any atom is 0.345 e. The monoisotopic (exact) mass is 228 g/mol. The van der Waals surface area contributed by atoms with Crippen molar-refractivity contribution in [3.63, 3.8) is 0 Å². The van der Waals surface area contributed by atoms with E-state index in [2.05, 4.69) is 9.97 Å². The van der Waals surface area contributed by atoms with Crippen molar-refractivity contribution in [3.8, 4) is 0 Å². The minimum absolute atomic E-state index is 0.322. The van der Waals surface area contributed by atoms with E-state index < -0.39 is 36.7 Å². The highest BCUT2D eigenvalue weighted by Gasteiger charge is 2.43. The standard InChI is InChI=1S/C9H12N2O5/c12-3-5-6(13)7(14)8(16-5)4-1-2-10-9(15)11-4/h1-2,5-8,12-14H,3H2,(H,10,11,15)/t5-,6-,7+,8?/m1/s1. The zero-order chi connectivity index (χ0) is 11.7. The Labute approximate surface area is 90.3 Å². The Balaban J connectivity index is 2.26. The molecule has 2 rings (SSSR count). The number of hydrogen-bond donors (Lipinski definition) is 4. The van der Waals surface area contributed by atoms with Gasteiger partial charge in [-0.25, -0.2) is 9.78 Å². The van der Waals surface area contributed by atoms with Gasteiger partial charge < -0.3 is 25.0 Å². The molecular formula is C9H12N2O5. The van der Waals surface area contributed by atoms with Gasteiger partial charge in [0.1, 0.15) is 24.4 Å². The molecule has 0 aliphatic carbocycles. The van der Waals surface area contributed by atoms with Crippen molar-refractivity contribution >= 4 is 0 Å². The lowest BCUT2D eigenvalue weighted by Gasteiger charge is -2.13. The Bertz CT molecular complexity index is 420. The van der Waals surface area contributed by atoms with Gasteiger partial charge in [-0.3, -0.25) is 0 Å². The van der Waals surface area contributed by atoms with Gasteiger partial charge in [-0.1, -0.05) is 0 Å². The minimum atomic E-state index is -1.18.